The van der Waals surface area contributed by atoms with Crippen molar-refractivity contribution in [1.29, 1.82) is 0 Å². The van der Waals surface area contributed by atoms with Crippen molar-refractivity contribution in [1.82, 2.24) is 5.32 Å². The van der Waals surface area contributed by atoms with E-state index in [0.717, 1.165) is 21.6 Å². The predicted octanol–water partition coefficient (Wildman–Crippen LogP) is 7.89. The number of amides is 3. The lowest BCUT2D eigenvalue weighted by Gasteiger charge is -2.18. The number of ether oxygens (including phenoxy) is 1. The molecule has 1 atom stereocenters. The van der Waals surface area contributed by atoms with E-state index < -0.39 is 11.2 Å². The van der Waals surface area contributed by atoms with Gasteiger partial charge in [-0.1, -0.05) is 84.4 Å². The van der Waals surface area contributed by atoms with Gasteiger partial charge >= 0.3 is 0 Å². The average molecular weight is 628 g/mol. The first-order valence-electron chi connectivity index (χ1n) is 14.6. The Balaban J connectivity index is 1.32. The molecule has 230 valence electrons. The molecule has 5 rings (SSSR count). The molecule has 0 bridgehead atoms. The molecule has 7 nitrogen and oxygen atoms in total. The Kier molecular flexibility index (Phi) is 10.7. The fourth-order valence-electron chi connectivity index (χ4n) is 4.63. The Labute approximate surface area is 272 Å². The van der Waals surface area contributed by atoms with E-state index in [9.17, 15) is 14.4 Å². The molecular formula is C38H33N3O4S. The monoisotopic (exact) mass is 627 g/mol. The average Bonchev–Trinajstić information content (AvgIpc) is 3.08. The van der Waals surface area contributed by atoms with Crippen LogP contribution in [0.2, 0.25) is 0 Å². The van der Waals surface area contributed by atoms with Crippen LogP contribution >= 0.6 is 11.8 Å². The van der Waals surface area contributed by atoms with Gasteiger partial charge in [-0.05, 0) is 72.7 Å². The number of nitrogens with one attached hydrogen (secondary N) is 3. The van der Waals surface area contributed by atoms with Gasteiger partial charge < -0.3 is 20.7 Å². The predicted molar refractivity (Wildman–Crippen MR) is 185 cm³/mol. The number of benzene rings is 5. The van der Waals surface area contributed by atoms with E-state index in [2.05, 4.69) is 16.0 Å². The quantitative estimate of drug-likeness (QED) is 0.102. The molecule has 8 heteroatoms. The highest BCUT2D eigenvalue weighted by Crippen LogP contribution is 2.37. The van der Waals surface area contributed by atoms with E-state index >= 15 is 0 Å². The third-order valence-corrected chi connectivity index (χ3v) is 8.19. The number of thioether (sulfide) groups is 1. The summed E-state index contributed by atoms with van der Waals surface area (Å²) in [5.41, 5.74) is 4.39. The highest BCUT2D eigenvalue weighted by molar-refractivity contribution is 8.00. The zero-order chi connectivity index (χ0) is 32.3. The van der Waals surface area contributed by atoms with Crippen molar-refractivity contribution in [2.24, 2.45) is 0 Å². The summed E-state index contributed by atoms with van der Waals surface area (Å²) in [6.07, 6.45) is 1.65. The van der Waals surface area contributed by atoms with Gasteiger partial charge in [0.1, 0.15) is 16.7 Å². The lowest BCUT2D eigenvalue weighted by atomic mass is 10.1. The molecule has 5 aromatic rings. The number of methoxy groups -OCH3 is 1. The molecule has 3 N–H and O–H groups in total. The van der Waals surface area contributed by atoms with Crippen molar-refractivity contribution in [3.63, 3.8) is 0 Å². The maximum atomic E-state index is 13.5. The Morgan fingerprint density at radius 3 is 2.11 bits per heavy atom. The molecule has 0 aromatic heterocycles. The van der Waals surface area contributed by atoms with Crippen molar-refractivity contribution in [3.8, 4) is 5.75 Å². The van der Waals surface area contributed by atoms with Crippen molar-refractivity contribution < 1.29 is 19.1 Å². The molecule has 0 saturated carbocycles. The van der Waals surface area contributed by atoms with E-state index in [0.29, 0.717) is 22.7 Å². The molecule has 0 aliphatic heterocycles. The molecule has 5 aromatic carbocycles. The molecule has 3 amide bonds. The van der Waals surface area contributed by atoms with Gasteiger partial charge in [0.2, 0.25) is 5.91 Å². The summed E-state index contributed by atoms with van der Waals surface area (Å²) >= 11 is 1.40. The first-order chi connectivity index (χ1) is 22.4. The van der Waals surface area contributed by atoms with Crippen molar-refractivity contribution in [2.45, 2.75) is 17.1 Å². The Hall–Kier alpha value is -5.60. The molecule has 0 saturated heterocycles. The van der Waals surface area contributed by atoms with Gasteiger partial charge in [0.25, 0.3) is 11.8 Å². The van der Waals surface area contributed by atoms with Crippen molar-refractivity contribution in [3.05, 3.63) is 161 Å². The third-order valence-electron chi connectivity index (χ3n) is 6.93. The molecule has 0 radical (unpaired) electrons. The second-order valence-corrected chi connectivity index (χ2v) is 11.6. The van der Waals surface area contributed by atoms with Gasteiger partial charge in [0, 0.05) is 27.9 Å². The Morgan fingerprint density at radius 1 is 0.717 bits per heavy atom. The fourth-order valence-corrected chi connectivity index (χ4v) is 5.65. The zero-order valence-corrected chi connectivity index (χ0v) is 26.2. The normalized spacial score (nSPS) is 11.7. The Morgan fingerprint density at radius 2 is 1.41 bits per heavy atom. The van der Waals surface area contributed by atoms with Crippen LogP contribution in [0, 0.1) is 6.92 Å². The van der Waals surface area contributed by atoms with Gasteiger partial charge in [0.05, 0.1) is 7.11 Å². The lowest BCUT2D eigenvalue weighted by molar-refractivity contribution is -0.116. The van der Waals surface area contributed by atoms with E-state index in [1.165, 1.54) is 11.8 Å². The first kappa shape index (κ1) is 31.8. The van der Waals surface area contributed by atoms with Crippen LogP contribution in [0.4, 0.5) is 11.4 Å². The number of anilines is 2. The molecule has 1 unspecified atom stereocenters. The maximum absolute atomic E-state index is 13.5. The number of carbonyl (C=O) groups excluding carboxylic acids is 3. The first-order valence-corrected chi connectivity index (χ1v) is 15.5. The SMILES string of the molecule is COc1cccc(NC(=O)C(Sc2ccc(NC(=O)/C(=C/c3cccc(C)c3)NC(=O)c3ccccc3)cc2)c2ccccc2)c1. The van der Waals surface area contributed by atoms with Crippen molar-refractivity contribution >= 4 is 46.9 Å². The Bertz CT molecular complexity index is 1840. The van der Waals surface area contributed by atoms with Crippen LogP contribution in [-0.4, -0.2) is 24.8 Å². The molecular weight excluding hydrogens is 595 g/mol. The van der Waals surface area contributed by atoms with E-state index in [-0.39, 0.29) is 17.5 Å². The summed E-state index contributed by atoms with van der Waals surface area (Å²) in [7, 11) is 1.58. The third kappa shape index (κ3) is 8.74. The minimum absolute atomic E-state index is 0.108. The molecule has 0 heterocycles. The second-order valence-electron chi connectivity index (χ2n) is 10.4. The number of aryl methyl sites for hydroxylation is 1. The minimum Gasteiger partial charge on any atom is -0.497 e. The smallest absolute Gasteiger partial charge is 0.272 e. The van der Waals surface area contributed by atoms with Crippen LogP contribution in [0.1, 0.15) is 32.3 Å². The largest absolute Gasteiger partial charge is 0.497 e. The van der Waals surface area contributed by atoms with Gasteiger partial charge in [-0.15, -0.1) is 11.8 Å². The summed E-state index contributed by atoms with van der Waals surface area (Å²) in [6.45, 7) is 1.96. The van der Waals surface area contributed by atoms with Gasteiger partial charge in [-0.3, -0.25) is 14.4 Å². The minimum atomic E-state index is -0.537. The van der Waals surface area contributed by atoms with Crippen molar-refractivity contribution in [2.75, 3.05) is 17.7 Å². The maximum Gasteiger partial charge on any atom is 0.272 e. The van der Waals surface area contributed by atoms with Crippen LogP contribution in [0.3, 0.4) is 0 Å². The van der Waals surface area contributed by atoms with E-state index in [1.54, 1.807) is 55.7 Å². The number of rotatable bonds is 11. The highest BCUT2D eigenvalue weighted by Gasteiger charge is 2.23. The second kappa shape index (κ2) is 15.4. The molecule has 0 aliphatic carbocycles. The number of carbonyl (C=O) groups is 3. The number of hydrogen-bond donors (Lipinski definition) is 3. The van der Waals surface area contributed by atoms with Gasteiger partial charge in [-0.2, -0.15) is 0 Å². The fraction of sp³-hybridized carbons (Fsp3) is 0.0789. The summed E-state index contributed by atoms with van der Waals surface area (Å²) in [6, 6.07) is 40.4. The van der Waals surface area contributed by atoms with Gasteiger partial charge in [0.15, 0.2) is 0 Å². The molecule has 0 fully saturated rings. The van der Waals surface area contributed by atoms with Crippen LogP contribution < -0.4 is 20.7 Å². The van der Waals surface area contributed by atoms with Crippen LogP contribution in [0.15, 0.2) is 144 Å². The summed E-state index contributed by atoms with van der Waals surface area (Å²) in [5, 5.41) is 8.12. The van der Waals surface area contributed by atoms with Gasteiger partial charge in [-0.25, -0.2) is 0 Å². The molecule has 0 aliphatic rings. The van der Waals surface area contributed by atoms with Crippen LogP contribution in [0.25, 0.3) is 6.08 Å². The topological polar surface area (TPSA) is 96.5 Å². The van der Waals surface area contributed by atoms with E-state index in [1.807, 2.05) is 97.9 Å². The standard InChI is InChI=1S/C38H33N3O4S/c1-26-11-9-12-27(23-26)24-34(41-36(42)29-15-7-4-8-16-29)37(43)39-30-19-21-33(22-20-30)46-35(28-13-5-3-6-14-28)38(44)40-31-17-10-18-32(25-31)45-2/h3-25,35H,1-2H3,(H,39,43)(H,40,44)(H,41,42)/b34-24-. The lowest BCUT2D eigenvalue weighted by Crippen LogP contribution is -2.30. The van der Waals surface area contributed by atoms with Crippen LogP contribution in [0.5, 0.6) is 5.75 Å². The summed E-state index contributed by atoms with van der Waals surface area (Å²) in [4.78, 5) is 40.8. The summed E-state index contributed by atoms with van der Waals surface area (Å²) in [5.74, 6) is -0.385. The highest BCUT2D eigenvalue weighted by atomic mass is 32.2. The molecule has 0 spiro atoms. The summed E-state index contributed by atoms with van der Waals surface area (Å²) < 4.78 is 5.29. The zero-order valence-electron chi connectivity index (χ0n) is 25.4. The molecule has 46 heavy (non-hydrogen) atoms. The number of hydrogen-bond acceptors (Lipinski definition) is 5. The van der Waals surface area contributed by atoms with Crippen LogP contribution in [-0.2, 0) is 9.59 Å². The van der Waals surface area contributed by atoms with E-state index in [4.69, 9.17) is 4.74 Å².